The molecule has 0 N–H and O–H groups in total. The molecular formula is C13H13ClF2N4. The molecular weight excluding hydrogens is 286 g/mol. The van der Waals surface area contributed by atoms with Crippen molar-refractivity contribution in [2.24, 2.45) is 0 Å². The normalized spacial score (nSPS) is 10.7. The van der Waals surface area contributed by atoms with Gasteiger partial charge in [0.05, 0.1) is 0 Å². The summed E-state index contributed by atoms with van der Waals surface area (Å²) in [6.45, 7) is 5.27. The second-order valence-electron chi connectivity index (χ2n) is 4.06. The summed E-state index contributed by atoms with van der Waals surface area (Å²) >= 11 is 5.86. The molecule has 2 aromatic rings. The Morgan fingerprint density at radius 1 is 1.00 bits per heavy atom. The Kier molecular flexibility index (Phi) is 4.44. The maximum absolute atomic E-state index is 13.3. The smallest absolute Gasteiger partial charge is 0.230 e. The van der Waals surface area contributed by atoms with E-state index in [1.54, 1.807) is 0 Å². The predicted octanol–water partition coefficient (Wildman–Crippen LogP) is 3.32. The molecule has 0 amide bonds. The van der Waals surface area contributed by atoms with Crippen LogP contribution in [0.2, 0.25) is 5.28 Å². The highest BCUT2D eigenvalue weighted by Gasteiger charge is 2.13. The minimum absolute atomic E-state index is 0.0124. The van der Waals surface area contributed by atoms with Crippen LogP contribution in [0.25, 0.3) is 11.4 Å². The van der Waals surface area contributed by atoms with E-state index < -0.39 is 11.6 Å². The maximum atomic E-state index is 13.3. The van der Waals surface area contributed by atoms with Crippen molar-refractivity contribution in [3.05, 3.63) is 35.1 Å². The van der Waals surface area contributed by atoms with E-state index in [4.69, 9.17) is 11.6 Å². The van der Waals surface area contributed by atoms with E-state index in [-0.39, 0.29) is 16.7 Å². The molecule has 0 saturated heterocycles. The van der Waals surface area contributed by atoms with Gasteiger partial charge >= 0.3 is 0 Å². The Morgan fingerprint density at radius 3 is 2.15 bits per heavy atom. The molecule has 1 aromatic heterocycles. The van der Waals surface area contributed by atoms with Crippen molar-refractivity contribution >= 4 is 17.5 Å². The van der Waals surface area contributed by atoms with Gasteiger partial charge in [-0.3, -0.25) is 0 Å². The summed E-state index contributed by atoms with van der Waals surface area (Å²) < 4.78 is 26.5. The third kappa shape index (κ3) is 3.19. The van der Waals surface area contributed by atoms with Gasteiger partial charge in [-0.25, -0.2) is 8.78 Å². The van der Waals surface area contributed by atoms with Crippen LogP contribution in [-0.4, -0.2) is 28.0 Å². The van der Waals surface area contributed by atoms with E-state index in [2.05, 4.69) is 15.0 Å². The number of anilines is 1. The van der Waals surface area contributed by atoms with Crippen molar-refractivity contribution in [1.29, 1.82) is 0 Å². The van der Waals surface area contributed by atoms with E-state index in [1.165, 1.54) is 0 Å². The summed E-state index contributed by atoms with van der Waals surface area (Å²) in [6.07, 6.45) is 0. The Balaban J connectivity index is 2.51. The lowest BCUT2D eigenvalue weighted by Crippen LogP contribution is -2.24. The summed E-state index contributed by atoms with van der Waals surface area (Å²) in [7, 11) is 0. The van der Waals surface area contributed by atoms with Crippen LogP contribution in [0, 0.1) is 11.6 Å². The molecule has 0 bridgehead atoms. The minimum atomic E-state index is -0.694. The molecule has 1 heterocycles. The van der Waals surface area contributed by atoms with Crippen molar-refractivity contribution in [3.63, 3.8) is 0 Å². The molecule has 0 aliphatic heterocycles. The molecule has 0 radical (unpaired) electrons. The summed E-state index contributed by atoms with van der Waals surface area (Å²) in [6, 6.07) is 3.10. The number of hydrogen-bond acceptors (Lipinski definition) is 4. The molecule has 20 heavy (non-hydrogen) atoms. The fourth-order valence-corrected chi connectivity index (χ4v) is 1.96. The average molecular weight is 299 g/mol. The Morgan fingerprint density at radius 2 is 1.60 bits per heavy atom. The third-order valence-corrected chi connectivity index (χ3v) is 2.93. The van der Waals surface area contributed by atoms with Crippen LogP contribution in [0.15, 0.2) is 18.2 Å². The highest BCUT2D eigenvalue weighted by atomic mass is 35.5. The Bertz CT molecular complexity index is 597. The monoisotopic (exact) mass is 298 g/mol. The highest BCUT2D eigenvalue weighted by Crippen LogP contribution is 2.21. The van der Waals surface area contributed by atoms with E-state index in [0.717, 1.165) is 18.2 Å². The quantitative estimate of drug-likeness (QED) is 0.868. The van der Waals surface area contributed by atoms with Crippen LogP contribution in [0.5, 0.6) is 0 Å². The van der Waals surface area contributed by atoms with Crippen LogP contribution in [0.4, 0.5) is 14.7 Å². The predicted molar refractivity (Wildman–Crippen MR) is 73.8 cm³/mol. The van der Waals surface area contributed by atoms with Gasteiger partial charge in [0.2, 0.25) is 11.2 Å². The molecule has 0 aliphatic rings. The van der Waals surface area contributed by atoms with Crippen LogP contribution < -0.4 is 4.90 Å². The van der Waals surface area contributed by atoms with Gasteiger partial charge in [-0.15, -0.1) is 0 Å². The molecule has 0 spiro atoms. The van der Waals surface area contributed by atoms with Crippen LogP contribution in [0.3, 0.4) is 0 Å². The first-order valence-corrected chi connectivity index (χ1v) is 6.54. The average Bonchev–Trinajstić information content (AvgIpc) is 2.38. The van der Waals surface area contributed by atoms with Gasteiger partial charge in [-0.05, 0) is 37.6 Å². The fourth-order valence-electron chi connectivity index (χ4n) is 1.80. The summed E-state index contributed by atoms with van der Waals surface area (Å²) in [5.74, 6) is -0.859. The number of halogens is 3. The molecule has 1 aromatic carbocycles. The van der Waals surface area contributed by atoms with E-state index in [9.17, 15) is 8.78 Å². The molecule has 2 rings (SSSR count). The zero-order valence-corrected chi connectivity index (χ0v) is 11.8. The number of benzene rings is 1. The molecule has 4 nitrogen and oxygen atoms in total. The largest absolute Gasteiger partial charge is 0.341 e. The number of nitrogens with zero attached hydrogens (tertiary/aromatic N) is 4. The zero-order chi connectivity index (χ0) is 14.7. The lowest BCUT2D eigenvalue weighted by atomic mass is 10.2. The lowest BCUT2D eigenvalue weighted by Gasteiger charge is -2.18. The van der Waals surface area contributed by atoms with Crippen molar-refractivity contribution in [1.82, 2.24) is 15.0 Å². The molecule has 106 valence electrons. The second kappa shape index (κ2) is 6.09. The van der Waals surface area contributed by atoms with Gasteiger partial charge in [0.1, 0.15) is 11.6 Å². The topological polar surface area (TPSA) is 41.9 Å². The molecule has 0 fully saturated rings. The first-order valence-electron chi connectivity index (χ1n) is 6.16. The number of aromatic nitrogens is 3. The van der Waals surface area contributed by atoms with Crippen molar-refractivity contribution in [3.8, 4) is 11.4 Å². The lowest BCUT2D eigenvalue weighted by molar-refractivity contribution is 0.584. The summed E-state index contributed by atoms with van der Waals surface area (Å²) in [4.78, 5) is 14.0. The fraction of sp³-hybridized carbons (Fsp3) is 0.308. The van der Waals surface area contributed by atoms with Crippen molar-refractivity contribution < 1.29 is 8.78 Å². The first kappa shape index (κ1) is 14.6. The maximum Gasteiger partial charge on any atom is 0.230 e. The van der Waals surface area contributed by atoms with Crippen LogP contribution in [-0.2, 0) is 0 Å². The molecule has 0 saturated carbocycles. The van der Waals surface area contributed by atoms with Crippen LogP contribution in [0.1, 0.15) is 13.8 Å². The zero-order valence-electron chi connectivity index (χ0n) is 11.1. The summed E-state index contributed by atoms with van der Waals surface area (Å²) in [5.41, 5.74) is 0.222. The number of rotatable bonds is 4. The van der Waals surface area contributed by atoms with E-state index in [0.29, 0.717) is 19.0 Å². The third-order valence-electron chi connectivity index (χ3n) is 2.76. The van der Waals surface area contributed by atoms with Crippen LogP contribution >= 0.6 is 11.6 Å². The first-order chi connectivity index (χ1) is 9.53. The van der Waals surface area contributed by atoms with Gasteiger partial charge < -0.3 is 4.90 Å². The second-order valence-corrected chi connectivity index (χ2v) is 4.40. The van der Waals surface area contributed by atoms with E-state index >= 15 is 0 Å². The summed E-state index contributed by atoms with van der Waals surface area (Å²) in [5, 5.41) is -0.0124. The molecule has 0 aliphatic carbocycles. The standard InChI is InChI=1S/C13H13ClF2N4/c1-3-20(4-2)13-18-11(17-12(14)19-13)8-5-9(15)7-10(16)6-8/h5-7H,3-4H2,1-2H3. The van der Waals surface area contributed by atoms with Gasteiger partial charge in [-0.1, -0.05) is 0 Å². The van der Waals surface area contributed by atoms with Gasteiger partial charge in [0, 0.05) is 24.7 Å². The van der Waals surface area contributed by atoms with Crippen molar-refractivity contribution in [2.45, 2.75) is 13.8 Å². The molecule has 0 atom stereocenters. The number of hydrogen-bond donors (Lipinski definition) is 0. The minimum Gasteiger partial charge on any atom is -0.341 e. The highest BCUT2D eigenvalue weighted by molar-refractivity contribution is 6.28. The Hall–Kier alpha value is -1.82. The van der Waals surface area contributed by atoms with Gasteiger partial charge in [0.15, 0.2) is 5.82 Å². The Labute approximate surface area is 120 Å². The van der Waals surface area contributed by atoms with Gasteiger partial charge in [-0.2, -0.15) is 15.0 Å². The SMILES string of the molecule is CCN(CC)c1nc(Cl)nc(-c2cc(F)cc(F)c2)n1. The van der Waals surface area contributed by atoms with Crippen molar-refractivity contribution in [2.75, 3.05) is 18.0 Å². The van der Waals surface area contributed by atoms with E-state index in [1.807, 2.05) is 18.7 Å². The molecule has 7 heteroatoms. The van der Waals surface area contributed by atoms with Gasteiger partial charge in [0.25, 0.3) is 0 Å². The molecule has 0 unspecified atom stereocenters.